The van der Waals surface area contributed by atoms with Crippen molar-refractivity contribution in [2.45, 2.75) is 63.8 Å². The molecule has 4 aliphatic rings. The molecular weight excluding hydrogens is 352 g/mol. The van der Waals surface area contributed by atoms with Crippen molar-refractivity contribution in [2.75, 3.05) is 17.6 Å². The Morgan fingerprint density at radius 1 is 1.35 bits per heavy atom. The number of fused-ring (bicyclic) bond motifs is 3. The molecule has 2 N–H and O–H groups in total. The van der Waals surface area contributed by atoms with Crippen LogP contribution in [0.5, 0.6) is 0 Å². The Bertz CT molecular complexity index is 771. The summed E-state index contributed by atoms with van der Waals surface area (Å²) in [5.74, 6) is 1.27. The minimum atomic E-state index is -3.28. The highest BCUT2D eigenvalue weighted by Gasteiger charge is 2.48. The summed E-state index contributed by atoms with van der Waals surface area (Å²) in [4.78, 5) is 12.9. The van der Waals surface area contributed by atoms with E-state index in [4.69, 9.17) is 0 Å². The van der Waals surface area contributed by atoms with Gasteiger partial charge in [0.2, 0.25) is 15.9 Å². The molecule has 1 aromatic heterocycles. The molecule has 8 heteroatoms. The van der Waals surface area contributed by atoms with Crippen LogP contribution in [0.2, 0.25) is 0 Å². The van der Waals surface area contributed by atoms with Crippen LogP contribution in [0.4, 0.5) is 5.82 Å². The van der Waals surface area contributed by atoms with Gasteiger partial charge in [-0.1, -0.05) is 13.3 Å². The number of aromatic amines is 1. The molecular formula is C18H28N4O3S. The molecule has 2 saturated carbocycles. The van der Waals surface area contributed by atoms with Crippen molar-refractivity contribution in [2.24, 2.45) is 11.8 Å². The molecule has 0 aromatic carbocycles. The van der Waals surface area contributed by atoms with Crippen molar-refractivity contribution in [1.29, 1.82) is 0 Å². The van der Waals surface area contributed by atoms with E-state index in [0.29, 0.717) is 24.7 Å². The quantitative estimate of drug-likeness (QED) is 0.759. The van der Waals surface area contributed by atoms with Gasteiger partial charge in [-0.05, 0) is 44.4 Å². The molecule has 2 aliphatic heterocycles. The van der Waals surface area contributed by atoms with E-state index in [-0.39, 0.29) is 29.5 Å². The van der Waals surface area contributed by atoms with Crippen molar-refractivity contribution in [3.63, 3.8) is 0 Å². The fourth-order valence-corrected chi connectivity index (χ4v) is 6.39. The Morgan fingerprint density at radius 2 is 2.15 bits per heavy atom. The maximum Gasteiger partial charge on any atom is 0.230 e. The second-order valence-corrected chi connectivity index (χ2v) is 10.1. The third-order valence-electron chi connectivity index (χ3n) is 6.03. The Kier molecular flexibility index (Phi) is 4.81. The lowest BCUT2D eigenvalue weighted by atomic mass is 9.73. The van der Waals surface area contributed by atoms with Crippen molar-refractivity contribution in [3.8, 4) is 0 Å². The normalized spacial score (nSPS) is 29.0. The number of carbonyl (C=O) groups is 1. The molecule has 26 heavy (non-hydrogen) atoms. The van der Waals surface area contributed by atoms with Crippen molar-refractivity contribution in [3.05, 3.63) is 11.8 Å². The lowest BCUT2D eigenvalue weighted by Crippen LogP contribution is -2.58. The molecule has 0 radical (unpaired) electrons. The largest absolute Gasteiger partial charge is 0.311 e. The zero-order chi connectivity index (χ0) is 18.3. The molecule has 4 fully saturated rings. The lowest BCUT2D eigenvalue weighted by Gasteiger charge is -2.48. The van der Waals surface area contributed by atoms with Crippen molar-refractivity contribution >= 4 is 21.7 Å². The summed E-state index contributed by atoms with van der Waals surface area (Å²) in [7, 11) is -3.28. The predicted octanol–water partition coefficient (Wildman–Crippen LogP) is 2.46. The van der Waals surface area contributed by atoms with Crippen LogP contribution in [0.1, 0.15) is 63.5 Å². The summed E-state index contributed by atoms with van der Waals surface area (Å²) in [5.41, 5.74) is 1.01. The molecule has 1 aromatic rings. The van der Waals surface area contributed by atoms with Gasteiger partial charge >= 0.3 is 0 Å². The number of carbonyl (C=O) groups excluding carboxylic acids is 1. The first kappa shape index (κ1) is 18.0. The van der Waals surface area contributed by atoms with Crippen LogP contribution in [0.15, 0.2) is 6.07 Å². The fourth-order valence-electron chi connectivity index (χ4n) is 4.40. The van der Waals surface area contributed by atoms with E-state index in [2.05, 4.69) is 15.5 Å². The minimum Gasteiger partial charge on any atom is -0.311 e. The maximum atomic E-state index is 12.9. The van der Waals surface area contributed by atoms with Crippen LogP contribution in [-0.2, 0) is 14.8 Å². The van der Waals surface area contributed by atoms with E-state index in [0.717, 1.165) is 44.2 Å². The van der Waals surface area contributed by atoms with E-state index < -0.39 is 10.0 Å². The molecule has 3 heterocycles. The average Bonchev–Trinajstić information content (AvgIpc) is 3.40. The SMILES string of the molecule is CCCCS(=O)(=O)N1C[C@H]2CC[C@@H]1[C@H](C(=O)Nc1cc(C3CC3)n[nH]1)C2. The molecule has 2 aliphatic carbocycles. The predicted molar refractivity (Wildman–Crippen MR) is 99.2 cm³/mol. The highest BCUT2D eigenvalue weighted by molar-refractivity contribution is 7.89. The second kappa shape index (κ2) is 6.96. The van der Waals surface area contributed by atoms with Gasteiger partial charge in [0.25, 0.3) is 0 Å². The second-order valence-electron chi connectivity index (χ2n) is 8.06. The summed E-state index contributed by atoms with van der Waals surface area (Å²) in [5, 5.41) is 10.1. The van der Waals surface area contributed by atoms with Gasteiger partial charge in [0.05, 0.1) is 17.4 Å². The number of unbranched alkanes of at least 4 members (excludes halogenated alkanes) is 1. The standard InChI is InChI=1S/C18H28N4O3S/c1-2-3-8-26(24,25)22-11-12-4-7-16(22)14(9-12)18(23)19-17-10-15(20-21-17)13-5-6-13/h10,12-14,16H,2-9,11H2,1H3,(H2,19,20,21,23)/t12-,14+,16+/m0/s1. The number of anilines is 1. The van der Waals surface area contributed by atoms with Gasteiger partial charge in [0, 0.05) is 24.6 Å². The lowest BCUT2D eigenvalue weighted by molar-refractivity contribution is -0.125. The number of sulfonamides is 1. The van der Waals surface area contributed by atoms with Gasteiger partial charge in [-0.15, -0.1) is 0 Å². The Hall–Kier alpha value is -1.41. The van der Waals surface area contributed by atoms with E-state index in [9.17, 15) is 13.2 Å². The first-order valence-electron chi connectivity index (χ1n) is 9.83. The Labute approximate surface area is 155 Å². The van der Waals surface area contributed by atoms with Crippen LogP contribution in [0, 0.1) is 11.8 Å². The minimum absolute atomic E-state index is 0.0823. The van der Waals surface area contributed by atoms with Crippen LogP contribution >= 0.6 is 0 Å². The van der Waals surface area contributed by atoms with Gasteiger partial charge in [0.15, 0.2) is 0 Å². The van der Waals surface area contributed by atoms with Crippen LogP contribution in [0.3, 0.4) is 0 Å². The van der Waals surface area contributed by atoms with Gasteiger partial charge in [-0.2, -0.15) is 9.40 Å². The number of nitrogens with one attached hydrogen (secondary N) is 2. The number of H-pyrrole nitrogens is 1. The molecule has 2 saturated heterocycles. The van der Waals surface area contributed by atoms with E-state index in [1.807, 2.05) is 13.0 Å². The maximum absolute atomic E-state index is 12.9. The van der Waals surface area contributed by atoms with Gasteiger partial charge in [0.1, 0.15) is 5.82 Å². The molecule has 1 amide bonds. The number of piperidine rings is 2. The summed E-state index contributed by atoms with van der Waals surface area (Å²) >= 11 is 0. The number of aromatic nitrogens is 2. The van der Waals surface area contributed by atoms with Gasteiger partial charge in [-0.25, -0.2) is 8.42 Å². The van der Waals surface area contributed by atoms with Crippen LogP contribution < -0.4 is 5.32 Å². The zero-order valence-corrected chi connectivity index (χ0v) is 16.1. The Balaban J connectivity index is 1.46. The molecule has 3 atom stereocenters. The first-order valence-corrected chi connectivity index (χ1v) is 11.4. The zero-order valence-electron chi connectivity index (χ0n) is 15.3. The number of hydrogen-bond acceptors (Lipinski definition) is 4. The molecule has 0 spiro atoms. The fraction of sp³-hybridized carbons (Fsp3) is 0.778. The topological polar surface area (TPSA) is 95.2 Å². The number of nitrogens with zero attached hydrogens (tertiary/aromatic N) is 2. The molecule has 144 valence electrons. The number of amides is 1. The highest BCUT2D eigenvalue weighted by Crippen LogP contribution is 2.42. The monoisotopic (exact) mass is 380 g/mol. The molecule has 2 bridgehead atoms. The van der Waals surface area contributed by atoms with E-state index >= 15 is 0 Å². The molecule has 7 nitrogen and oxygen atoms in total. The van der Waals surface area contributed by atoms with Gasteiger partial charge in [-0.3, -0.25) is 9.89 Å². The summed E-state index contributed by atoms with van der Waals surface area (Å²) < 4.78 is 27.1. The molecule has 0 unspecified atom stereocenters. The van der Waals surface area contributed by atoms with E-state index in [1.54, 1.807) is 4.31 Å². The van der Waals surface area contributed by atoms with Crippen molar-refractivity contribution < 1.29 is 13.2 Å². The van der Waals surface area contributed by atoms with Crippen LogP contribution in [-0.4, -0.2) is 47.2 Å². The van der Waals surface area contributed by atoms with Crippen molar-refractivity contribution in [1.82, 2.24) is 14.5 Å². The first-order chi connectivity index (χ1) is 12.5. The van der Waals surface area contributed by atoms with E-state index in [1.165, 1.54) is 0 Å². The summed E-state index contributed by atoms with van der Waals surface area (Å²) in [6.45, 7) is 2.57. The number of hydrogen-bond donors (Lipinski definition) is 2. The third kappa shape index (κ3) is 3.53. The summed E-state index contributed by atoms with van der Waals surface area (Å²) in [6.07, 6.45) is 6.43. The third-order valence-corrected chi connectivity index (χ3v) is 7.97. The van der Waals surface area contributed by atoms with Crippen LogP contribution in [0.25, 0.3) is 0 Å². The smallest absolute Gasteiger partial charge is 0.230 e. The van der Waals surface area contributed by atoms with Gasteiger partial charge < -0.3 is 5.32 Å². The summed E-state index contributed by atoms with van der Waals surface area (Å²) in [6, 6.07) is 1.71. The highest BCUT2D eigenvalue weighted by atomic mass is 32.2. The Morgan fingerprint density at radius 3 is 2.85 bits per heavy atom. The average molecular weight is 381 g/mol. The molecule has 5 rings (SSSR count). The number of rotatable bonds is 7.